The van der Waals surface area contributed by atoms with Gasteiger partial charge >= 0.3 is 11.9 Å². The lowest BCUT2D eigenvalue weighted by Crippen LogP contribution is -2.53. The summed E-state index contributed by atoms with van der Waals surface area (Å²) in [6, 6.07) is 0. The average molecular weight is 308 g/mol. The lowest BCUT2D eigenvalue weighted by atomic mass is 9.52. The topological polar surface area (TPSA) is 69.7 Å². The third-order valence-corrected chi connectivity index (χ3v) is 5.48. The second-order valence-corrected chi connectivity index (χ2v) is 6.85. The van der Waals surface area contributed by atoms with Crippen molar-refractivity contribution < 1.29 is 23.9 Å². The Morgan fingerprint density at radius 2 is 2.00 bits per heavy atom. The molecule has 2 fully saturated rings. The predicted molar refractivity (Wildman–Crippen MR) is 79.9 cm³/mol. The fraction of sp³-hybridized carbons (Fsp3) is 0.706. The number of fused-ring (bicyclic) bond motifs is 1. The van der Waals surface area contributed by atoms with Crippen LogP contribution in [0.5, 0.6) is 0 Å². The highest BCUT2D eigenvalue weighted by Crippen LogP contribution is 2.56. The summed E-state index contributed by atoms with van der Waals surface area (Å²) < 4.78 is 9.55. The van der Waals surface area contributed by atoms with Crippen LogP contribution in [0.3, 0.4) is 0 Å². The number of hydrogen-bond donors (Lipinski definition) is 0. The SMILES string of the molecule is C=C1CCCC2(C)CC(=O)C(CC(=O)OC)(C(=O)OC)CC12. The van der Waals surface area contributed by atoms with E-state index in [1.54, 1.807) is 0 Å². The van der Waals surface area contributed by atoms with Gasteiger partial charge in [-0.05, 0) is 37.0 Å². The van der Waals surface area contributed by atoms with E-state index >= 15 is 0 Å². The molecule has 2 rings (SSSR count). The van der Waals surface area contributed by atoms with Gasteiger partial charge in [-0.25, -0.2) is 0 Å². The molecule has 0 spiro atoms. The van der Waals surface area contributed by atoms with Gasteiger partial charge in [-0.1, -0.05) is 19.1 Å². The lowest BCUT2D eigenvalue weighted by molar-refractivity contribution is -0.170. The van der Waals surface area contributed by atoms with Gasteiger partial charge in [-0.2, -0.15) is 0 Å². The monoisotopic (exact) mass is 308 g/mol. The number of carbonyl (C=O) groups is 3. The Morgan fingerprint density at radius 3 is 2.59 bits per heavy atom. The summed E-state index contributed by atoms with van der Waals surface area (Å²) in [6.07, 6.45) is 3.18. The maximum Gasteiger partial charge on any atom is 0.319 e. The van der Waals surface area contributed by atoms with Crippen LogP contribution in [0.4, 0.5) is 0 Å². The molecule has 22 heavy (non-hydrogen) atoms. The summed E-state index contributed by atoms with van der Waals surface area (Å²) in [6.45, 7) is 6.22. The Kier molecular flexibility index (Phi) is 4.45. The maximum atomic E-state index is 12.8. The first-order valence-corrected chi connectivity index (χ1v) is 7.65. The number of rotatable bonds is 3. The molecule has 2 aliphatic carbocycles. The molecule has 2 saturated carbocycles. The zero-order chi connectivity index (χ0) is 16.5. The Morgan fingerprint density at radius 1 is 1.32 bits per heavy atom. The van der Waals surface area contributed by atoms with Crippen molar-refractivity contribution in [3.05, 3.63) is 12.2 Å². The van der Waals surface area contributed by atoms with Gasteiger partial charge in [-0.15, -0.1) is 0 Å². The number of ketones is 1. The van der Waals surface area contributed by atoms with Gasteiger partial charge in [0.15, 0.2) is 5.78 Å². The van der Waals surface area contributed by atoms with Crippen molar-refractivity contribution in [1.82, 2.24) is 0 Å². The summed E-state index contributed by atoms with van der Waals surface area (Å²) in [5.41, 5.74) is -0.522. The standard InChI is InChI=1S/C17H24O5/c1-11-6-5-7-16(2)9-13(18)17(8-12(11)16,15(20)22-4)10-14(19)21-3/h12H,1,5-10H2,2-4H3. The Labute approximate surface area is 131 Å². The molecule has 0 saturated heterocycles. The van der Waals surface area contributed by atoms with Crippen molar-refractivity contribution in [2.24, 2.45) is 16.7 Å². The smallest absolute Gasteiger partial charge is 0.319 e. The van der Waals surface area contributed by atoms with Gasteiger partial charge in [0.2, 0.25) is 0 Å². The number of ether oxygens (including phenoxy) is 2. The van der Waals surface area contributed by atoms with Crippen molar-refractivity contribution >= 4 is 17.7 Å². The van der Waals surface area contributed by atoms with E-state index in [0.29, 0.717) is 6.42 Å². The average Bonchev–Trinajstić information content (AvgIpc) is 2.47. The molecule has 0 amide bonds. The van der Waals surface area contributed by atoms with Crippen LogP contribution >= 0.6 is 0 Å². The van der Waals surface area contributed by atoms with Crippen LogP contribution in [0.25, 0.3) is 0 Å². The first-order valence-electron chi connectivity index (χ1n) is 7.65. The summed E-state index contributed by atoms with van der Waals surface area (Å²) in [5, 5.41) is 0. The van der Waals surface area contributed by atoms with Crippen LogP contribution in [0.2, 0.25) is 0 Å². The van der Waals surface area contributed by atoms with Crippen molar-refractivity contribution in [2.45, 2.75) is 45.4 Å². The molecular weight excluding hydrogens is 284 g/mol. The van der Waals surface area contributed by atoms with Gasteiger partial charge in [0.25, 0.3) is 0 Å². The fourth-order valence-corrected chi connectivity index (χ4v) is 4.12. The van der Waals surface area contributed by atoms with Gasteiger partial charge < -0.3 is 9.47 Å². The van der Waals surface area contributed by atoms with Crippen LogP contribution < -0.4 is 0 Å². The molecule has 5 nitrogen and oxygen atoms in total. The highest BCUT2D eigenvalue weighted by molar-refractivity contribution is 6.07. The third-order valence-electron chi connectivity index (χ3n) is 5.48. The largest absolute Gasteiger partial charge is 0.469 e. The van der Waals surface area contributed by atoms with Crippen molar-refractivity contribution in [3.63, 3.8) is 0 Å². The predicted octanol–water partition coefficient (Wildman–Crippen LogP) is 2.43. The van der Waals surface area contributed by atoms with E-state index in [9.17, 15) is 14.4 Å². The Bertz CT molecular complexity index is 523. The van der Waals surface area contributed by atoms with Crippen molar-refractivity contribution in [3.8, 4) is 0 Å². The maximum absolute atomic E-state index is 12.8. The van der Waals surface area contributed by atoms with Gasteiger partial charge in [0.05, 0.1) is 20.6 Å². The van der Waals surface area contributed by atoms with Crippen LogP contribution in [0.15, 0.2) is 12.2 Å². The number of Topliss-reactive ketones (excluding diaryl/α,β-unsaturated/α-hetero) is 1. The molecule has 0 aromatic heterocycles. The van der Waals surface area contributed by atoms with Gasteiger partial charge in [-0.3, -0.25) is 14.4 Å². The molecule has 0 heterocycles. The molecule has 0 aromatic rings. The lowest BCUT2D eigenvalue weighted by Gasteiger charge is -2.50. The number of hydrogen-bond acceptors (Lipinski definition) is 5. The van der Waals surface area contributed by atoms with Crippen LogP contribution in [0, 0.1) is 16.7 Å². The van der Waals surface area contributed by atoms with Gasteiger partial charge in [0.1, 0.15) is 5.41 Å². The van der Waals surface area contributed by atoms with E-state index in [-0.39, 0.29) is 30.0 Å². The zero-order valence-corrected chi connectivity index (χ0v) is 13.6. The molecule has 122 valence electrons. The fourth-order valence-electron chi connectivity index (χ4n) is 4.12. The van der Waals surface area contributed by atoms with Crippen molar-refractivity contribution in [1.29, 1.82) is 0 Å². The van der Waals surface area contributed by atoms with E-state index < -0.39 is 17.4 Å². The summed E-state index contributed by atoms with van der Waals surface area (Å²) in [5.74, 6) is -1.35. The van der Waals surface area contributed by atoms with Crippen LogP contribution in [0.1, 0.15) is 45.4 Å². The third kappa shape index (κ3) is 2.57. The molecule has 0 aromatic carbocycles. The molecule has 3 unspecified atom stereocenters. The molecule has 5 heteroatoms. The Hall–Kier alpha value is -1.65. The minimum absolute atomic E-state index is 0.0581. The van der Waals surface area contributed by atoms with Crippen molar-refractivity contribution in [2.75, 3.05) is 14.2 Å². The number of esters is 2. The quantitative estimate of drug-likeness (QED) is 0.455. The normalized spacial score (nSPS) is 34.8. The molecular formula is C17H24O5. The first-order chi connectivity index (χ1) is 10.3. The Balaban J connectivity index is 2.41. The second kappa shape index (κ2) is 5.86. The van der Waals surface area contributed by atoms with E-state index in [2.05, 4.69) is 18.2 Å². The minimum Gasteiger partial charge on any atom is -0.469 e. The zero-order valence-electron chi connectivity index (χ0n) is 13.6. The van der Waals surface area contributed by atoms with E-state index in [1.807, 2.05) is 0 Å². The first kappa shape index (κ1) is 16.7. The molecule has 0 N–H and O–H groups in total. The molecule has 0 bridgehead atoms. The number of allylic oxidation sites excluding steroid dienone is 1. The van der Waals surface area contributed by atoms with E-state index in [4.69, 9.17) is 4.74 Å². The molecule has 0 aliphatic heterocycles. The van der Waals surface area contributed by atoms with Crippen LogP contribution in [-0.2, 0) is 23.9 Å². The summed E-state index contributed by atoms with van der Waals surface area (Å²) in [7, 11) is 2.50. The molecule has 3 atom stereocenters. The summed E-state index contributed by atoms with van der Waals surface area (Å²) in [4.78, 5) is 36.9. The highest BCUT2D eigenvalue weighted by Gasteiger charge is 2.58. The van der Waals surface area contributed by atoms with E-state index in [1.165, 1.54) is 14.2 Å². The summed E-state index contributed by atoms with van der Waals surface area (Å²) >= 11 is 0. The van der Waals surface area contributed by atoms with Crippen LogP contribution in [-0.4, -0.2) is 31.9 Å². The number of carbonyl (C=O) groups excluding carboxylic acids is 3. The number of methoxy groups -OCH3 is 2. The van der Waals surface area contributed by atoms with Gasteiger partial charge in [0, 0.05) is 6.42 Å². The molecule has 0 radical (unpaired) electrons. The molecule has 2 aliphatic rings. The second-order valence-electron chi connectivity index (χ2n) is 6.85. The highest BCUT2D eigenvalue weighted by atomic mass is 16.5. The minimum atomic E-state index is -1.42. The van der Waals surface area contributed by atoms with E-state index in [0.717, 1.165) is 24.8 Å².